The van der Waals surface area contributed by atoms with E-state index in [1.807, 2.05) is 32.9 Å². The molecule has 0 spiro atoms. The number of carbonyl (C=O) groups is 3. The number of benzene rings is 2. The van der Waals surface area contributed by atoms with Gasteiger partial charge in [0.1, 0.15) is 12.1 Å². The second-order valence-corrected chi connectivity index (χ2v) is 9.42. The summed E-state index contributed by atoms with van der Waals surface area (Å²) in [7, 11) is 0. The van der Waals surface area contributed by atoms with Gasteiger partial charge in [0.25, 0.3) is 5.91 Å². The number of nitrogens with one attached hydrogen (secondary N) is 2. The standard InChI is InChI=1S/C23H23ClF3N3O3/c1-21(2,3)13-5-7-14(8-6-13)22(4)19(32)30(20(33)29-22)12-18(31)28-15-9-10-17(24)16(11-15)23(25,26)27/h5-11H,12H2,1-4H3,(H,28,31)(H,29,33). The average Bonchev–Trinajstić information content (AvgIpc) is 2.92. The van der Waals surface area contributed by atoms with Gasteiger partial charge in [-0.25, -0.2) is 4.79 Å². The van der Waals surface area contributed by atoms with Gasteiger partial charge in [-0.2, -0.15) is 13.2 Å². The van der Waals surface area contributed by atoms with Crippen molar-refractivity contribution in [3.63, 3.8) is 0 Å². The smallest absolute Gasteiger partial charge is 0.325 e. The number of hydrogen-bond acceptors (Lipinski definition) is 3. The highest BCUT2D eigenvalue weighted by Gasteiger charge is 2.49. The summed E-state index contributed by atoms with van der Waals surface area (Å²) in [6.07, 6.45) is -4.70. The Morgan fingerprint density at radius 1 is 1.09 bits per heavy atom. The maximum atomic E-state index is 13.0. The lowest BCUT2D eigenvalue weighted by molar-refractivity contribution is -0.137. The second kappa shape index (κ2) is 8.37. The molecule has 10 heteroatoms. The summed E-state index contributed by atoms with van der Waals surface area (Å²) in [6.45, 7) is 7.01. The molecular formula is C23H23ClF3N3O3. The molecule has 0 radical (unpaired) electrons. The molecule has 0 saturated carbocycles. The van der Waals surface area contributed by atoms with Crippen molar-refractivity contribution >= 4 is 35.1 Å². The van der Waals surface area contributed by atoms with Crippen LogP contribution >= 0.6 is 11.6 Å². The van der Waals surface area contributed by atoms with E-state index in [1.165, 1.54) is 13.0 Å². The zero-order chi connectivity index (χ0) is 24.8. The van der Waals surface area contributed by atoms with E-state index in [2.05, 4.69) is 10.6 Å². The third kappa shape index (κ3) is 4.98. The van der Waals surface area contributed by atoms with Gasteiger partial charge in [-0.1, -0.05) is 56.6 Å². The predicted octanol–water partition coefficient (Wildman–Crippen LogP) is 5.06. The van der Waals surface area contributed by atoms with Crippen LogP contribution in [0.4, 0.5) is 23.7 Å². The number of anilines is 1. The maximum Gasteiger partial charge on any atom is 0.417 e. The van der Waals surface area contributed by atoms with E-state index in [0.717, 1.165) is 16.5 Å². The molecule has 2 aromatic rings. The van der Waals surface area contributed by atoms with E-state index in [9.17, 15) is 27.6 Å². The first-order valence-corrected chi connectivity index (χ1v) is 10.4. The van der Waals surface area contributed by atoms with Crippen LogP contribution in [0.1, 0.15) is 44.4 Å². The van der Waals surface area contributed by atoms with Crippen molar-refractivity contribution in [1.29, 1.82) is 0 Å². The van der Waals surface area contributed by atoms with Crippen LogP contribution in [0.25, 0.3) is 0 Å². The van der Waals surface area contributed by atoms with Gasteiger partial charge >= 0.3 is 12.2 Å². The zero-order valence-electron chi connectivity index (χ0n) is 18.4. The van der Waals surface area contributed by atoms with Crippen molar-refractivity contribution in [1.82, 2.24) is 10.2 Å². The summed E-state index contributed by atoms with van der Waals surface area (Å²) in [5, 5.41) is 4.36. The van der Waals surface area contributed by atoms with Crippen LogP contribution in [-0.4, -0.2) is 29.3 Å². The van der Waals surface area contributed by atoms with E-state index < -0.39 is 46.7 Å². The molecule has 0 aliphatic carbocycles. The minimum absolute atomic E-state index is 0.0971. The minimum atomic E-state index is -4.70. The molecule has 1 saturated heterocycles. The molecule has 3 rings (SSSR count). The van der Waals surface area contributed by atoms with Crippen molar-refractivity contribution in [3.8, 4) is 0 Å². The number of hydrogen-bond donors (Lipinski definition) is 2. The van der Waals surface area contributed by atoms with Gasteiger partial charge in [0.2, 0.25) is 5.91 Å². The summed E-state index contributed by atoms with van der Waals surface area (Å²) in [5.74, 6) is -1.47. The molecule has 1 aliphatic heterocycles. The minimum Gasteiger partial charge on any atom is -0.325 e. The zero-order valence-corrected chi connectivity index (χ0v) is 19.2. The van der Waals surface area contributed by atoms with E-state index in [0.29, 0.717) is 11.6 Å². The van der Waals surface area contributed by atoms with E-state index in [-0.39, 0.29) is 11.1 Å². The Kier molecular flexibility index (Phi) is 6.23. The van der Waals surface area contributed by atoms with Gasteiger partial charge in [-0.15, -0.1) is 0 Å². The topological polar surface area (TPSA) is 78.5 Å². The van der Waals surface area contributed by atoms with Crippen molar-refractivity contribution < 1.29 is 27.6 Å². The number of alkyl halides is 3. The normalized spacial score (nSPS) is 19.0. The second-order valence-electron chi connectivity index (χ2n) is 9.01. The van der Waals surface area contributed by atoms with Crippen LogP contribution in [-0.2, 0) is 26.7 Å². The third-order valence-electron chi connectivity index (χ3n) is 5.46. The lowest BCUT2D eigenvalue weighted by Gasteiger charge is -2.24. The van der Waals surface area contributed by atoms with Crippen LogP contribution in [0.2, 0.25) is 5.02 Å². The van der Waals surface area contributed by atoms with Crippen LogP contribution in [0.3, 0.4) is 0 Å². The number of carbonyl (C=O) groups excluding carboxylic acids is 3. The number of imide groups is 1. The Hall–Kier alpha value is -3.07. The molecule has 4 amide bonds. The molecule has 1 fully saturated rings. The summed E-state index contributed by atoms with van der Waals surface area (Å²) in [5.41, 5.74) is -1.15. The number of rotatable bonds is 4. The first kappa shape index (κ1) is 24.6. The SMILES string of the molecule is CC(C)(C)c1ccc(C2(C)NC(=O)N(CC(=O)Nc3ccc(Cl)c(C(F)(F)F)c3)C2=O)cc1. The third-order valence-corrected chi connectivity index (χ3v) is 5.79. The van der Waals surface area contributed by atoms with Gasteiger partial charge in [0.05, 0.1) is 10.6 Å². The summed E-state index contributed by atoms with van der Waals surface area (Å²) in [6, 6.07) is 9.34. The van der Waals surface area contributed by atoms with Crippen molar-refractivity contribution in [3.05, 3.63) is 64.2 Å². The van der Waals surface area contributed by atoms with Crippen molar-refractivity contribution in [2.75, 3.05) is 11.9 Å². The highest BCUT2D eigenvalue weighted by atomic mass is 35.5. The molecule has 1 aliphatic rings. The molecule has 1 unspecified atom stereocenters. The monoisotopic (exact) mass is 481 g/mol. The summed E-state index contributed by atoms with van der Waals surface area (Å²) < 4.78 is 39.1. The van der Waals surface area contributed by atoms with Crippen LogP contribution in [0.5, 0.6) is 0 Å². The molecule has 0 bridgehead atoms. The van der Waals surface area contributed by atoms with Crippen LogP contribution in [0, 0.1) is 0 Å². The predicted molar refractivity (Wildman–Crippen MR) is 118 cm³/mol. The van der Waals surface area contributed by atoms with Gasteiger partial charge < -0.3 is 10.6 Å². The Bertz CT molecular complexity index is 1110. The molecule has 0 aromatic heterocycles. The number of nitrogens with zero attached hydrogens (tertiary/aromatic N) is 1. The van der Waals surface area contributed by atoms with Gasteiger partial charge in [0.15, 0.2) is 0 Å². The molecule has 1 heterocycles. The lowest BCUT2D eigenvalue weighted by Crippen LogP contribution is -2.42. The molecule has 33 heavy (non-hydrogen) atoms. The molecule has 2 aromatic carbocycles. The highest BCUT2D eigenvalue weighted by Crippen LogP contribution is 2.36. The fourth-order valence-corrected chi connectivity index (χ4v) is 3.73. The lowest BCUT2D eigenvalue weighted by atomic mass is 9.84. The van der Waals surface area contributed by atoms with Crippen LogP contribution in [0.15, 0.2) is 42.5 Å². The Balaban J connectivity index is 1.75. The summed E-state index contributed by atoms with van der Waals surface area (Å²) >= 11 is 5.58. The first-order valence-electron chi connectivity index (χ1n) is 10.0. The van der Waals surface area contributed by atoms with E-state index >= 15 is 0 Å². The molecular weight excluding hydrogens is 459 g/mol. The van der Waals surface area contributed by atoms with Gasteiger partial charge in [0, 0.05) is 5.69 Å². The first-order chi connectivity index (χ1) is 15.1. The molecule has 1 atom stereocenters. The summed E-state index contributed by atoms with van der Waals surface area (Å²) in [4.78, 5) is 38.6. The average molecular weight is 482 g/mol. The number of urea groups is 1. The van der Waals surface area contributed by atoms with Crippen LogP contribution < -0.4 is 10.6 Å². The molecule has 2 N–H and O–H groups in total. The molecule has 6 nitrogen and oxygen atoms in total. The van der Waals surface area contributed by atoms with Gasteiger partial charge in [-0.05, 0) is 41.7 Å². The van der Waals surface area contributed by atoms with Gasteiger partial charge in [-0.3, -0.25) is 14.5 Å². The fraction of sp³-hybridized carbons (Fsp3) is 0.348. The highest BCUT2D eigenvalue weighted by molar-refractivity contribution is 6.31. The largest absolute Gasteiger partial charge is 0.417 e. The quantitative estimate of drug-likeness (QED) is 0.599. The Morgan fingerprint density at radius 2 is 1.70 bits per heavy atom. The van der Waals surface area contributed by atoms with Crippen molar-refractivity contribution in [2.45, 2.75) is 44.8 Å². The maximum absolute atomic E-state index is 13.0. The number of halogens is 4. The molecule has 176 valence electrons. The Labute approximate surface area is 194 Å². The van der Waals surface area contributed by atoms with E-state index in [1.54, 1.807) is 12.1 Å². The fourth-order valence-electron chi connectivity index (χ4n) is 3.50. The van der Waals surface area contributed by atoms with Crippen molar-refractivity contribution in [2.24, 2.45) is 0 Å². The van der Waals surface area contributed by atoms with E-state index in [4.69, 9.17) is 11.6 Å². The number of amides is 4. The Morgan fingerprint density at radius 3 is 2.24 bits per heavy atom.